The predicted molar refractivity (Wildman–Crippen MR) is 77.4 cm³/mol. The fourth-order valence-electron chi connectivity index (χ4n) is 2.51. The largest absolute Gasteiger partial charge is 0.0836 e. The Bertz CT molecular complexity index is 547. The first kappa shape index (κ1) is 11.9. The zero-order valence-electron chi connectivity index (χ0n) is 11.0. The molecule has 0 spiro atoms. The molecular weight excluding hydrogens is 204 g/mol. The summed E-state index contributed by atoms with van der Waals surface area (Å²) >= 11 is 0. The van der Waals surface area contributed by atoms with E-state index in [0.29, 0.717) is 0 Å². The Kier molecular flexibility index (Phi) is 3.63. The zero-order valence-corrected chi connectivity index (χ0v) is 11.0. The molecule has 1 aliphatic carbocycles. The maximum atomic E-state index is 2.31. The van der Waals surface area contributed by atoms with Crippen LogP contribution in [0.2, 0.25) is 0 Å². The van der Waals surface area contributed by atoms with Gasteiger partial charge in [0.05, 0.1) is 0 Å². The van der Waals surface area contributed by atoms with Crippen molar-refractivity contribution in [2.75, 3.05) is 0 Å². The fourth-order valence-corrected chi connectivity index (χ4v) is 2.51. The van der Waals surface area contributed by atoms with Gasteiger partial charge in [0.2, 0.25) is 0 Å². The minimum Gasteiger partial charge on any atom is -0.0836 e. The molecule has 2 aromatic carbocycles. The van der Waals surface area contributed by atoms with Crippen LogP contribution in [0.25, 0.3) is 16.8 Å². The predicted octanol–water partition coefficient (Wildman–Crippen LogP) is 5.13. The molecule has 0 nitrogen and oxygen atoms in total. The van der Waals surface area contributed by atoms with E-state index in [4.69, 9.17) is 0 Å². The van der Waals surface area contributed by atoms with Crippen LogP contribution < -0.4 is 0 Å². The van der Waals surface area contributed by atoms with Crippen LogP contribution in [0.5, 0.6) is 0 Å². The first-order valence-corrected chi connectivity index (χ1v) is 6.54. The van der Waals surface area contributed by atoms with Gasteiger partial charge in [-0.05, 0) is 47.2 Å². The van der Waals surface area contributed by atoms with Crippen molar-refractivity contribution in [2.24, 2.45) is 0 Å². The van der Waals surface area contributed by atoms with Crippen LogP contribution in [0, 0.1) is 6.92 Å². The average molecular weight is 224 g/mol. The monoisotopic (exact) mass is 224 g/mol. The molecular formula is C17H20. The summed E-state index contributed by atoms with van der Waals surface area (Å²) in [4.78, 5) is 0. The Morgan fingerprint density at radius 1 is 1.06 bits per heavy atom. The second-order valence-electron chi connectivity index (χ2n) is 4.25. The average Bonchev–Trinajstić information content (AvgIpc) is 2.42. The first-order chi connectivity index (χ1) is 8.36. The minimum atomic E-state index is 1.19. The normalized spacial score (nSPS) is 12.9. The number of benzene rings is 2. The van der Waals surface area contributed by atoms with E-state index < -0.39 is 0 Å². The highest BCUT2D eigenvalue weighted by atomic mass is 14.1. The third kappa shape index (κ3) is 2.12. The molecule has 0 radical (unpaired) electrons. The highest BCUT2D eigenvalue weighted by Crippen LogP contribution is 2.30. The molecule has 0 amide bonds. The second kappa shape index (κ2) is 5.18. The topological polar surface area (TPSA) is 0 Å². The summed E-state index contributed by atoms with van der Waals surface area (Å²) in [5.41, 5.74) is 4.42. The summed E-state index contributed by atoms with van der Waals surface area (Å²) in [7, 11) is 0. The van der Waals surface area contributed by atoms with Gasteiger partial charge in [0, 0.05) is 0 Å². The summed E-state index contributed by atoms with van der Waals surface area (Å²) < 4.78 is 0. The lowest BCUT2D eigenvalue weighted by molar-refractivity contribution is 0.976. The molecule has 0 N–H and O–H groups in total. The maximum absolute atomic E-state index is 2.31. The van der Waals surface area contributed by atoms with E-state index in [-0.39, 0.29) is 0 Å². The van der Waals surface area contributed by atoms with Gasteiger partial charge in [-0.3, -0.25) is 0 Å². The van der Waals surface area contributed by atoms with Gasteiger partial charge >= 0.3 is 0 Å². The Balaban J connectivity index is 0.000000514. The van der Waals surface area contributed by atoms with Crippen molar-refractivity contribution in [1.82, 2.24) is 0 Å². The molecule has 17 heavy (non-hydrogen) atoms. The summed E-state index contributed by atoms with van der Waals surface area (Å²) in [5, 5.41) is 2.76. The summed E-state index contributed by atoms with van der Waals surface area (Å²) in [6.45, 7) is 6.23. The number of fused-ring (bicyclic) bond motifs is 3. The Hall–Kier alpha value is -1.56. The van der Waals surface area contributed by atoms with Crippen LogP contribution in [-0.4, -0.2) is 0 Å². The quantitative estimate of drug-likeness (QED) is 0.581. The van der Waals surface area contributed by atoms with Crippen LogP contribution in [-0.2, 0) is 6.42 Å². The van der Waals surface area contributed by atoms with E-state index >= 15 is 0 Å². The van der Waals surface area contributed by atoms with Gasteiger partial charge in [-0.2, -0.15) is 0 Å². The lowest BCUT2D eigenvalue weighted by Gasteiger charge is -2.16. The molecule has 0 saturated heterocycles. The molecule has 2 aromatic rings. The molecule has 0 saturated carbocycles. The third-order valence-corrected chi connectivity index (χ3v) is 3.27. The number of allylic oxidation sites excluding steroid dienone is 1. The third-order valence-electron chi connectivity index (χ3n) is 3.27. The summed E-state index contributed by atoms with van der Waals surface area (Å²) in [6, 6.07) is 11.0. The smallest absolute Gasteiger partial charge is 0.0109 e. The van der Waals surface area contributed by atoms with Gasteiger partial charge in [0.25, 0.3) is 0 Å². The maximum Gasteiger partial charge on any atom is -0.0109 e. The first-order valence-electron chi connectivity index (χ1n) is 6.54. The van der Waals surface area contributed by atoms with E-state index in [1.807, 2.05) is 13.8 Å². The summed E-state index contributed by atoms with van der Waals surface area (Å²) in [6.07, 6.45) is 6.96. The fraction of sp³-hybridized carbons (Fsp3) is 0.294. The van der Waals surface area contributed by atoms with E-state index in [1.54, 1.807) is 0 Å². The van der Waals surface area contributed by atoms with Gasteiger partial charge in [-0.15, -0.1) is 0 Å². The molecule has 0 aromatic heterocycles. The van der Waals surface area contributed by atoms with Gasteiger partial charge in [0.15, 0.2) is 0 Å². The molecule has 3 rings (SSSR count). The van der Waals surface area contributed by atoms with Gasteiger partial charge in [-0.1, -0.05) is 56.3 Å². The van der Waals surface area contributed by atoms with E-state index in [0.717, 1.165) is 0 Å². The van der Waals surface area contributed by atoms with Crippen molar-refractivity contribution in [1.29, 1.82) is 0 Å². The number of hydrogen-bond acceptors (Lipinski definition) is 0. The highest BCUT2D eigenvalue weighted by Gasteiger charge is 2.10. The number of hydrogen-bond donors (Lipinski definition) is 0. The van der Waals surface area contributed by atoms with E-state index in [9.17, 15) is 0 Å². The van der Waals surface area contributed by atoms with Gasteiger partial charge in [-0.25, -0.2) is 0 Å². The van der Waals surface area contributed by atoms with Gasteiger partial charge in [0.1, 0.15) is 0 Å². The lowest BCUT2D eigenvalue weighted by atomic mass is 9.89. The molecule has 0 heteroatoms. The zero-order chi connectivity index (χ0) is 12.3. The van der Waals surface area contributed by atoms with Crippen molar-refractivity contribution in [3.05, 3.63) is 53.1 Å². The lowest BCUT2D eigenvalue weighted by Crippen LogP contribution is -1.98. The van der Waals surface area contributed by atoms with Crippen molar-refractivity contribution in [2.45, 2.75) is 33.6 Å². The molecule has 0 atom stereocenters. The standard InChI is InChI=1S/C15H14.C2H6/c1-11-10-12-6-2-3-8-14(12)15-9-5-4-7-13(11)15;1-2/h2-3,5-6,8-10H,4,7H2,1H3;1-2H3. The Morgan fingerprint density at radius 3 is 2.65 bits per heavy atom. The van der Waals surface area contributed by atoms with Crippen molar-refractivity contribution >= 4 is 16.8 Å². The second-order valence-corrected chi connectivity index (χ2v) is 4.25. The van der Waals surface area contributed by atoms with Crippen LogP contribution >= 0.6 is 0 Å². The molecule has 0 bridgehead atoms. The minimum absolute atomic E-state index is 1.19. The molecule has 0 unspecified atom stereocenters. The van der Waals surface area contributed by atoms with Crippen molar-refractivity contribution in [3.63, 3.8) is 0 Å². The van der Waals surface area contributed by atoms with Crippen LogP contribution in [0.15, 0.2) is 36.4 Å². The van der Waals surface area contributed by atoms with Crippen LogP contribution in [0.3, 0.4) is 0 Å². The Labute approximate surface area is 104 Å². The molecule has 0 aliphatic heterocycles. The number of aryl methyl sites for hydroxylation is 1. The molecule has 88 valence electrons. The van der Waals surface area contributed by atoms with E-state index in [2.05, 4.69) is 49.4 Å². The number of rotatable bonds is 0. The van der Waals surface area contributed by atoms with Crippen LogP contribution in [0.1, 0.15) is 37.0 Å². The van der Waals surface area contributed by atoms with Crippen molar-refractivity contribution in [3.8, 4) is 0 Å². The molecule has 0 fully saturated rings. The molecule has 1 aliphatic rings. The van der Waals surface area contributed by atoms with Crippen molar-refractivity contribution < 1.29 is 0 Å². The molecule has 0 heterocycles. The van der Waals surface area contributed by atoms with E-state index in [1.165, 1.54) is 40.3 Å². The Morgan fingerprint density at radius 2 is 1.82 bits per heavy atom. The summed E-state index contributed by atoms with van der Waals surface area (Å²) in [5.74, 6) is 0. The van der Waals surface area contributed by atoms with Crippen LogP contribution in [0.4, 0.5) is 0 Å². The SMILES string of the molecule is CC.Cc1cc2ccccc2c2c1CCC=C2. The highest BCUT2D eigenvalue weighted by molar-refractivity contribution is 5.93. The van der Waals surface area contributed by atoms with Gasteiger partial charge < -0.3 is 0 Å².